The fourth-order valence-corrected chi connectivity index (χ4v) is 6.19. The van der Waals surface area contributed by atoms with Gasteiger partial charge in [0.25, 0.3) is 0 Å². The summed E-state index contributed by atoms with van der Waals surface area (Å²) in [5, 5.41) is 84.8. The van der Waals surface area contributed by atoms with Crippen molar-refractivity contribution in [3.8, 4) is 57.1 Å². The molecule has 0 bridgehead atoms. The first-order chi connectivity index (χ1) is 26.7. The molecule has 300 valence electrons. The zero-order chi connectivity index (χ0) is 40.4. The van der Waals surface area contributed by atoms with Crippen LogP contribution >= 0.6 is 0 Å². The van der Waals surface area contributed by atoms with E-state index in [1.54, 1.807) is 12.1 Å². The first-order valence-corrected chi connectivity index (χ1v) is 17.1. The van der Waals surface area contributed by atoms with Gasteiger partial charge in [-0.25, -0.2) is 0 Å². The minimum absolute atomic E-state index is 0.0181. The molecule has 0 spiro atoms. The van der Waals surface area contributed by atoms with Crippen molar-refractivity contribution in [2.45, 2.75) is 68.3 Å². The minimum Gasteiger partial charge on any atom is -0.508 e. The van der Waals surface area contributed by atoms with E-state index in [-0.39, 0.29) is 51.4 Å². The van der Waals surface area contributed by atoms with Crippen molar-refractivity contribution in [2.75, 3.05) is 20.8 Å². The Balaban J connectivity index is 1.19. The van der Waals surface area contributed by atoms with Gasteiger partial charge in [0.1, 0.15) is 53.9 Å². The zero-order valence-electron chi connectivity index (χ0n) is 30.0. The number of aliphatic hydroxyl groups is 5. The van der Waals surface area contributed by atoms with Gasteiger partial charge in [-0.2, -0.15) is 0 Å². The monoisotopic (exact) mass is 785 g/mol. The Morgan fingerprint density at radius 2 is 1.46 bits per heavy atom. The Kier molecular flexibility index (Phi) is 12.0. The molecule has 56 heavy (non-hydrogen) atoms. The first-order valence-electron chi connectivity index (χ1n) is 17.1. The number of methoxy groups -OCH3 is 2. The third-order valence-corrected chi connectivity index (χ3v) is 9.23. The van der Waals surface area contributed by atoms with Crippen LogP contribution in [0.3, 0.4) is 0 Å². The van der Waals surface area contributed by atoms with Crippen molar-refractivity contribution < 1.29 is 83.2 Å². The van der Waals surface area contributed by atoms with E-state index >= 15 is 0 Å². The molecule has 0 unspecified atom stereocenters. The summed E-state index contributed by atoms with van der Waals surface area (Å²) in [5.74, 6) is -1.80. The van der Waals surface area contributed by atoms with Crippen LogP contribution in [0.4, 0.5) is 0 Å². The van der Waals surface area contributed by atoms with Crippen LogP contribution in [-0.2, 0) is 18.9 Å². The summed E-state index contributed by atoms with van der Waals surface area (Å²) in [6.45, 7) is 0.906. The number of ether oxygens (including phenoxy) is 7. The number of hydrogen-bond donors (Lipinski definition) is 8. The second kappa shape index (κ2) is 16.7. The molecule has 18 nitrogen and oxygen atoms in total. The highest BCUT2D eigenvalue weighted by Crippen LogP contribution is 2.46. The summed E-state index contributed by atoms with van der Waals surface area (Å²) in [5.41, 5.74) is 0.247. The Hall–Kier alpha value is -5.44. The SMILES string of the molecule is COc1cc(-c2oc3cc(=O)cc(O)c-3cc2O[C@@H]2O[C@H](CO[C@@H]3O[C@@H](C)[C@H](OC(=[OH+])C=Cc4ccc(O)cc4)[C@H](O)[C@@H]3O)[C@H](O)[C@@H](O)[C@@H]2O)cc(OC)c1O. The van der Waals surface area contributed by atoms with Gasteiger partial charge < -0.3 is 83.2 Å². The molecule has 2 aromatic rings. The van der Waals surface area contributed by atoms with Crippen LogP contribution in [0.15, 0.2) is 69.9 Å². The molecule has 0 amide bonds. The van der Waals surface area contributed by atoms with Crippen molar-refractivity contribution in [1.82, 2.24) is 0 Å². The van der Waals surface area contributed by atoms with E-state index in [0.717, 1.165) is 12.1 Å². The number of aliphatic hydroxyl groups excluding tert-OH is 5. The Bertz CT molecular complexity index is 2040. The van der Waals surface area contributed by atoms with Crippen molar-refractivity contribution in [1.29, 1.82) is 0 Å². The molecule has 9 N–H and O–H groups in total. The summed E-state index contributed by atoms with van der Waals surface area (Å²) >= 11 is 0. The third-order valence-electron chi connectivity index (χ3n) is 9.23. The van der Waals surface area contributed by atoms with Gasteiger partial charge in [-0.05, 0) is 48.9 Å². The van der Waals surface area contributed by atoms with Crippen LogP contribution in [0.5, 0.6) is 34.5 Å². The normalized spacial score (nSPS) is 27.9. The van der Waals surface area contributed by atoms with E-state index in [9.17, 15) is 50.4 Å². The number of carbonyl (C=O) groups excluding carboxylic acids is 1. The molecule has 2 aromatic carbocycles. The average Bonchev–Trinajstić information content (AvgIpc) is 3.17. The van der Waals surface area contributed by atoms with Gasteiger partial charge in [0.2, 0.25) is 18.1 Å². The molecule has 1 aliphatic carbocycles. The lowest BCUT2D eigenvalue weighted by Gasteiger charge is -2.42. The van der Waals surface area contributed by atoms with Crippen molar-refractivity contribution in [2.24, 2.45) is 0 Å². The maximum Gasteiger partial charge on any atom is 0.510 e. The number of phenols is 3. The van der Waals surface area contributed by atoms with Crippen LogP contribution < -0.4 is 19.6 Å². The molecule has 0 saturated carbocycles. The lowest BCUT2D eigenvalue weighted by atomic mass is 9.98. The van der Waals surface area contributed by atoms with Gasteiger partial charge in [-0.1, -0.05) is 12.1 Å². The largest absolute Gasteiger partial charge is 0.510 e. The maximum absolute atomic E-state index is 12.2. The number of benzene rings is 3. The number of rotatable bonds is 11. The highest BCUT2D eigenvalue weighted by Gasteiger charge is 2.50. The average molecular weight is 786 g/mol. The highest BCUT2D eigenvalue weighted by atomic mass is 16.7. The fraction of sp³-hybridized carbons (Fsp3) is 0.368. The van der Waals surface area contributed by atoms with Crippen LogP contribution in [0.25, 0.3) is 28.7 Å². The standard InChI is InChI=1S/C38H40O18/c1-16-35(56-28(42)9-6-17-4-7-19(39)8-5-17)32(46)34(48)37(52-16)51-15-27-30(44)31(45)33(47)38(55-27)54-26-14-21-22(41)12-20(40)13-23(21)53-36(26)18-10-24(49-2)29(43)25(11-18)50-3/h4-14,16,27,30-35,37-39,41,43-48H,15H2,1-3H3/p+1/t16-,27+,30-,31+,32+,33-,34-,35-,37+,38+/m0/s1. The summed E-state index contributed by atoms with van der Waals surface area (Å²) in [6, 6.07) is 12.1. The van der Waals surface area contributed by atoms with Gasteiger partial charge >= 0.3 is 5.97 Å². The van der Waals surface area contributed by atoms with Crippen molar-refractivity contribution in [3.63, 3.8) is 0 Å². The molecule has 3 aliphatic heterocycles. The summed E-state index contributed by atoms with van der Waals surface area (Å²) in [7, 11) is 2.59. The van der Waals surface area contributed by atoms with Gasteiger partial charge in [0.05, 0.1) is 32.5 Å². The molecule has 4 aliphatic rings. The first kappa shape index (κ1) is 40.2. The van der Waals surface area contributed by atoms with Gasteiger partial charge in [0, 0.05) is 17.7 Å². The smallest absolute Gasteiger partial charge is 0.508 e. The highest BCUT2D eigenvalue weighted by molar-refractivity contribution is 5.88. The summed E-state index contributed by atoms with van der Waals surface area (Å²) in [6.07, 6.45) is -13.1. The quantitative estimate of drug-likeness (QED) is 0.0594. The molecule has 10 atom stereocenters. The van der Waals surface area contributed by atoms with E-state index < -0.39 is 85.2 Å². The second-order valence-electron chi connectivity index (χ2n) is 13.0. The number of fused-ring (bicyclic) bond motifs is 1. The molecule has 2 saturated heterocycles. The lowest BCUT2D eigenvalue weighted by molar-refractivity contribution is -0.317. The molecular weight excluding hydrogens is 744 g/mol. The summed E-state index contributed by atoms with van der Waals surface area (Å²) < 4.78 is 45.2. The van der Waals surface area contributed by atoms with Gasteiger partial charge in [-0.3, -0.25) is 4.79 Å². The molecule has 18 heteroatoms. The molecule has 0 aromatic heterocycles. The number of esters is 1. The van der Waals surface area contributed by atoms with Crippen LogP contribution in [-0.4, -0.2) is 134 Å². The molecule has 3 heterocycles. The predicted molar refractivity (Wildman–Crippen MR) is 192 cm³/mol. The van der Waals surface area contributed by atoms with Crippen LogP contribution in [0.2, 0.25) is 0 Å². The predicted octanol–water partition coefficient (Wildman–Crippen LogP) is 0.816. The van der Waals surface area contributed by atoms with Crippen molar-refractivity contribution in [3.05, 3.63) is 76.5 Å². The number of aromatic hydroxyl groups is 3. The van der Waals surface area contributed by atoms with E-state index in [0.29, 0.717) is 5.56 Å². The van der Waals surface area contributed by atoms with E-state index in [1.165, 1.54) is 63.6 Å². The van der Waals surface area contributed by atoms with Crippen LogP contribution in [0, 0.1) is 0 Å². The third kappa shape index (κ3) is 8.37. The minimum atomic E-state index is -1.88. The number of phenolic OH excluding ortho intramolecular Hbond substituents is 3. The Morgan fingerprint density at radius 1 is 0.804 bits per heavy atom. The molecule has 6 rings (SSSR count). The topological polar surface area (TPSA) is 278 Å². The maximum atomic E-state index is 12.2. The van der Waals surface area contributed by atoms with Gasteiger partial charge in [-0.15, -0.1) is 0 Å². The van der Waals surface area contributed by atoms with E-state index in [4.69, 9.17) is 37.6 Å². The van der Waals surface area contributed by atoms with Crippen molar-refractivity contribution >= 4 is 12.0 Å². The second-order valence-corrected chi connectivity index (χ2v) is 13.0. The van der Waals surface area contributed by atoms with Crippen LogP contribution in [0.1, 0.15) is 12.5 Å². The zero-order valence-corrected chi connectivity index (χ0v) is 30.0. The Labute approximate surface area is 317 Å². The Morgan fingerprint density at radius 3 is 2.12 bits per heavy atom. The van der Waals surface area contributed by atoms with Gasteiger partial charge in [0.15, 0.2) is 40.8 Å². The van der Waals surface area contributed by atoms with E-state index in [1.807, 2.05) is 0 Å². The van der Waals surface area contributed by atoms with E-state index in [2.05, 4.69) is 0 Å². The fourth-order valence-electron chi connectivity index (χ4n) is 6.19. The molecule has 0 radical (unpaired) electrons. The molecule has 2 fully saturated rings. The summed E-state index contributed by atoms with van der Waals surface area (Å²) in [4.78, 5) is 22.5. The lowest BCUT2D eigenvalue weighted by Crippen LogP contribution is -2.62. The number of hydrogen-bond acceptors (Lipinski definition) is 17. The molecular formula is C38H41O18+.